The van der Waals surface area contributed by atoms with Crippen molar-refractivity contribution < 1.29 is 14.3 Å². The number of esters is 1. The van der Waals surface area contributed by atoms with Gasteiger partial charge in [0.05, 0.1) is 12.9 Å². The lowest BCUT2D eigenvalue weighted by atomic mass is 10.2. The van der Waals surface area contributed by atoms with E-state index in [1.807, 2.05) is 54.6 Å². The van der Waals surface area contributed by atoms with Gasteiger partial charge in [0.15, 0.2) is 17.3 Å². The molecule has 0 atom stereocenters. The fraction of sp³-hybridized carbons (Fsp3) is 0.143. The summed E-state index contributed by atoms with van der Waals surface area (Å²) < 4.78 is 12.4. The molecule has 0 saturated carbocycles. The highest BCUT2D eigenvalue weighted by Gasteiger charge is 2.15. The van der Waals surface area contributed by atoms with Gasteiger partial charge in [0.2, 0.25) is 0 Å². The quantitative estimate of drug-likeness (QED) is 0.504. The number of nitrogen functional groups attached to an aromatic ring is 1. The fourth-order valence-corrected chi connectivity index (χ4v) is 2.85. The lowest BCUT2D eigenvalue weighted by Gasteiger charge is -2.08. The molecule has 0 aliphatic rings. The number of anilines is 1. The number of benzene rings is 2. The molecule has 0 amide bonds. The van der Waals surface area contributed by atoms with Crippen molar-refractivity contribution >= 4 is 23.0 Å². The first-order valence-corrected chi connectivity index (χ1v) is 9.11. The zero-order chi connectivity index (χ0) is 20.2. The van der Waals surface area contributed by atoms with Gasteiger partial charge in [0.25, 0.3) is 0 Å². The molecule has 0 saturated heterocycles. The summed E-state index contributed by atoms with van der Waals surface area (Å²) in [6.07, 6.45) is 1.51. The largest absolute Gasteiger partial charge is 0.465 e. The van der Waals surface area contributed by atoms with Crippen molar-refractivity contribution in [3.8, 4) is 22.9 Å². The molecule has 0 spiro atoms. The molecule has 4 rings (SSSR count). The third-order valence-electron chi connectivity index (χ3n) is 4.19. The Kier molecular flexibility index (Phi) is 5.07. The maximum Gasteiger partial charge on any atom is 0.326 e. The Morgan fingerprint density at radius 3 is 2.48 bits per heavy atom. The molecule has 0 unspecified atom stereocenters. The second-order valence-electron chi connectivity index (χ2n) is 6.22. The lowest BCUT2D eigenvalue weighted by molar-refractivity contribution is -0.143. The number of hydrogen-bond acceptors (Lipinski definition) is 7. The number of ether oxygens (including phenoxy) is 2. The van der Waals surface area contributed by atoms with Crippen molar-refractivity contribution in [1.82, 2.24) is 19.5 Å². The highest BCUT2D eigenvalue weighted by molar-refractivity contribution is 5.85. The molecule has 146 valence electrons. The van der Waals surface area contributed by atoms with Gasteiger partial charge in [-0.2, -0.15) is 0 Å². The Balaban J connectivity index is 1.62. The SMILES string of the molecule is CCOC(=O)Cn1cnc2c(N)nc(-c3ccc(Oc4ccccc4)cc3)nc21. The molecule has 29 heavy (non-hydrogen) atoms. The molecule has 0 radical (unpaired) electrons. The Morgan fingerprint density at radius 2 is 1.76 bits per heavy atom. The van der Waals surface area contributed by atoms with Crippen LogP contribution < -0.4 is 10.5 Å². The molecule has 2 aromatic heterocycles. The van der Waals surface area contributed by atoms with Gasteiger partial charge in [-0.25, -0.2) is 15.0 Å². The van der Waals surface area contributed by atoms with Crippen LogP contribution in [0, 0.1) is 0 Å². The van der Waals surface area contributed by atoms with Crippen molar-refractivity contribution in [1.29, 1.82) is 0 Å². The van der Waals surface area contributed by atoms with E-state index in [1.165, 1.54) is 6.33 Å². The predicted octanol–water partition coefficient (Wildman–Crippen LogP) is 3.43. The maximum atomic E-state index is 11.8. The second kappa shape index (κ2) is 7.97. The number of imidazole rings is 1. The fourth-order valence-electron chi connectivity index (χ4n) is 2.85. The molecule has 0 fully saturated rings. The molecular formula is C21H19N5O3. The van der Waals surface area contributed by atoms with Crippen molar-refractivity contribution in [2.24, 2.45) is 0 Å². The number of nitrogens with two attached hydrogens (primary N) is 1. The van der Waals surface area contributed by atoms with Gasteiger partial charge in [-0.1, -0.05) is 18.2 Å². The van der Waals surface area contributed by atoms with Crippen molar-refractivity contribution in [3.63, 3.8) is 0 Å². The third-order valence-corrected chi connectivity index (χ3v) is 4.19. The lowest BCUT2D eigenvalue weighted by Crippen LogP contribution is -2.13. The normalized spacial score (nSPS) is 10.8. The van der Waals surface area contributed by atoms with Crippen LogP contribution in [0.2, 0.25) is 0 Å². The Morgan fingerprint density at radius 1 is 1.03 bits per heavy atom. The van der Waals surface area contributed by atoms with Crippen molar-refractivity contribution in [2.75, 3.05) is 12.3 Å². The number of rotatable bonds is 6. The molecule has 0 bridgehead atoms. The van der Waals surface area contributed by atoms with Crippen LogP contribution >= 0.6 is 0 Å². The first kappa shape index (κ1) is 18.4. The Labute approximate surface area is 166 Å². The van der Waals surface area contributed by atoms with E-state index in [-0.39, 0.29) is 18.3 Å². The number of nitrogens with zero attached hydrogens (tertiary/aromatic N) is 4. The Hall–Kier alpha value is -3.94. The number of hydrogen-bond donors (Lipinski definition) is 1. The number of aromatic nitrogens is 4. The van der Waals surface area contributed by atoms with Crippen LogP contribution in [-0.2, 0) is 16.1 Å². The summed E-state index contributed by atoms with van der Waals surface area (Å²) in [5.41, 5.74) is 7.75. The van der Waals surface area contributed by atoms with Gasteiger partial charge in [0.1, 0.15) is 23.6 Å². The molecule has 8 nitrogen and oxygen atoms in total. The number of fused-ring (bicyclic) bond motifs is 1. The van der Waals surface area contributed by atoms with Crippen LogP contribution in [0.4, 0.5) is 5.82 Å². The Bertz CT molecular complexity index is 1140. The van der Waals surface area contributed by atoms with Crippen LogP contribution in [0.25, 0.3) is 22.6 Å². The van der Waals surface area contributed by atoms with E-state index in [1.54, 1.807) is 11.5 Å². The van der Waals surface area contributed by atoms with E-state index in [9.17, 15) is 4.79 Å². The maximum absolute atomic E-state index is 11.8. The van der Waals surface area contributed by atoms with E-state index in [2.05, 4.69) is 15.0 Å². The molecule has 4 aromatic rings. The summed E-state index contributed by atoms with van der Waals surface area (Å²) >= 11 is 0. The summed E-state index contributed by atoms with van der Waals surface area (Å²) in [5, 5.41) is 0. The minimum Gasteiger partial charge on any atom is -0.465 e. The molecular weight excluding hydrogens is 370 g/mol. The van der Waals surface area contributed by atoms with Gasteiger partial charge in [-0.3, -0.25) is 4.79 Å². The first-order valence-electron chi connectivity index (χ1n) is 9.11. The van der Waals surface area contributed by atoms with E-state index >= 15 is 0 Å². The molecule has 2 aromatic carbocycles. The van der Waals surface area contributed by atoms with Gasteiger partial charge in [-0.05, 0) is 43.3 Å². The van der Waals surface area contributed by atoms with E-state index in [0.717, 1.165) is 11.3 Å². The van der Waals surface area contributed by atoms with E-state index < -0.39 is 0 Å². The summed E-state index contributed by atoms with van der Waals surface area (Å²) in [5.74, 6) is 1.77. The average Bonchev–Trinajstić information content (AvgIpc) is 3.13. The van der Waals surface area contributed by atoms with Crippen LogP contribution in [0.1, 0.15) is 6.92 Å². The average molecular weight is 389 g/mol. The minimum atomic E-state index is -0.368. The van der Waals surface area contributed by atoms with E-state index in [0.29, 0.717) is 29.3 Å². The van der Waals surface area contributed by atoms with Crippen molar-refractivity contribution in [3.05, 3.63) is 60.9 Å². The predicted molar refractivity (Wildman–Crippen MR) is 108 cm³/mol. The molecule has 0 aliphatic heterocycles. The summed E-state index contributed by atoms with van der Waals surface area (Å²) in [4.78, 5) is 24.9. The smallest absolute Gasteiger partial charge is 0.326 e. The second-order valence-corrected chi connectivity index (χ2v) is 6.22. The highest BCUT2D eigenvalue weighted by atomic mass is 16.5. The zero-order valence-corrected chi connectivity index (χ0v) is 15.8. The molecule has 0 aliphatic carbocycles. The molecule has 8 heteroatoms. The minimum absolute atomic E-state index is 0.00405. The van der Waals surface area contributed by atoms with E-state index in [4.69, 9.17) is 15.2 Å². The van der Waals surface area contributed by atoms with Crippen LogP contribution in [0.15, 0.2) is 60.9 Å². The van der Waals surface area contributed by atoms with Gasteiger partial charge in [0, 0.05) is 5.56 Å². The van der Waals surface area contributed by atoms with Crippen molar-refractivity contribution in [2.45, 2.75) is 13.5 Å². The third kappa shape index (κ3) is 4.01. The number of carbonyl (C=O) groups is 1. The van der Waals surface area contributed by atoms with Crippen LogP contribution in [-0.4, -0.2) is 32.1 Å². The zero-order valence-electron chi connectivity index (χ0n) is 15.8. The summed E-state index contributed by atoms with van der Waals surface area (Å²) in [7, 11) is 0. The highest BCUT2D eigenvalue weighted by Crippen LogP contribution is 2.26. The van der Waals surface area contributed by atoms with Gasteiger partial charge < -0.3 is 19.8 Å². The van der Waals surface area contributed by atoms with Crippen LogP contribution in [0.3, 0.4) is 0 Å². The number of para-hydroxylation sites is 1. The van der Waals surface area contributed by atoms with Gasteiger partial charge >= 0.3 is 5.97 Å². The summed E-state index contributed by atoms with van der Waals surface area (Å²) in [6, 6.07) is 16.9. The monoisotopic (exact) mass is 389 g/mol. The summed E-state index contributed by atoms with van der Waals surface area (Å²) in [6.45, 7) is 2.07. The molecule has 2 N–H and O–H groups in total. The topological polar surface area (TPSA) is 105 Å². The molecule has 2 heterocycles. The standard InChI is InChI=1S/C21H19N5O3/c1-2-28-17(27)12-26-13-23-18-19(22)24-20(25-21(18)26)14-8-10-16(11-9-14)29-15-6-4-3-5-7-15/h3-11,13H,2,12H2,1H3,(H2,22,24,25). The van der Waals surface area contributed by atoms with Crippen LogP contribution in [0.5, 0.6) is 11.5 Å². The number of carbonyl (C=O) groups excluding carboxylic acids is 1. The van der Waals surface area contributed by atoms with Gasteiger partial charge in [-0.15, -0.1) is 0 Å². The first-order chi connectivity index (χ1) is 14.1.